The van der Waals surface area contributed by atoms with Crippen LogP contribution in [0.2, 0.25) is 12.6 Å². The van der Waals surface area contributed by atoms with E-state index >= 15 is 0 Å². The molecule has 0 aromatic rings. The first-order valence-corrected chi connectivity index (χ1v) is 12.2. The van der Waals surface area contributed by atoms with Crippen LogP contribution in [0.1, 0.15) is 27.7 Å². The smallest absolute Gasteiger partial charge is 0.319 e. The molecule has 0 fully saturated rings. The van der Waals surface area contributed by atoms with E-state index in [1.807, 2.05) is 6.82 Å². The van der Waals surface area contributed by atoms with Crippen molar-refractivity contribution < 1.29 is 38.1 Å². The maximum atomic E-state index is 12.2. The predicted octanol–water partition coefficient (Wildman–Crippen LogP) is 2.79. The van der Waals surface area contributed by atoms with Gasteiger partial charge in [-0.25, -0.2) is 0 Å². The summed E-state index contributed by atoms with van der Waals surface area (Å²) in [7, 11) is 0.577. The third kappa shape index (κ3) is 11.1. The second-order valence-corrected chi connectivity index (χ2v) is 11.2. The van der Waals surface area contributed by atoms with Gasteiger partial charge in [-0.1, -0.05) is 61.5 Å². The Labute approximate surface area is 203 Å². The topological polar surface area (TPSA) is 105 Å². The van der Waals surface area contributed by atoms with E-state index in [1.54, 1.807) is 27.7 Å². The highest BCUT2D eigenvalue weighted by Gasteiger charge is 2.39. The van der Waals surface area contributed by atoms with Gasteiger partial charge in [0.2, 0.25) is 0 Å². The zero-order valence-corrected chi connectivity index (χ0v) is 22.5. The van der Waals surface area contributed by atoms with Crippen molar-refractivity contribution in [2.45, 2.75) is 54.8 Å². The van der Waals surface area contributed by atoms with Gasteiger partial charge in [0.25, 0.3) is 0 Å². The van der Waals surface area contributed by atoms with Crippen molar-refractivity contribution >= 4 is 78.9 Å². The summed E-state index contributed by atoms with van der Waals surface area (Å²) in [4.78, 5) is 46.4. The molecule has 0 saturated heterocycles. The van der Waals surface area contributed by atoms with Crippen molar-refractivity contribution in [3.63, 3.8) is 0 Å². The van der Waals surface area contributed by atoms with Gasteiger partial charge in [-0.2, -0.15) is 0 Å². The highest BCUT2D eigenvalue weighted by Crippen LogP contribution is 2.24. The molecule has 12 heteroatoms. The molecule has 0 N–H and O–H groups in total. The summed E-state index contributed by atoms with van der Waals surface area (Å²) in [6.07, 6.45) is 0. The normalized spacial score (nSPS) is 16.8. The largest absolute Gasteiger partial charge is 0.465 e. The van der Waals surface area contributed by atoms with Gasteiger partial charge < -0.3 is 18.9 Å². The number of ether oxygens (including phenoxy) is 4. The molecule has 0 aliphatic heterocycles. The third-order valence-electron chi connectivity index (χ3n) is 4.07. The lowest BCUT2D eigenvalue weighted by Gasteiger charge is -2.32. The summed E-state index contributed by atoms with van der Waals surface area (Å²) in [5.74, 6) is -2.49. The lowest BCUT2D eigenvalue weighted by atomic mass is 9.68. The molecular weight excluding hydrogens is 595 g/mol. The fourth-order valence-corrected chi connectivity index (χ4v) is 2.20. The van der Waals surface area contributed by atoms with Crippen molar-refractivity contribution in [2.24, 2.45) is 5.41 Å². The Morgan fingerprint density at radius 3 is 1.17 bits per heavy atom. The molecule has 0 saturated carbocycles. The first-order chi connectivity index (χ1) is 13.8. The van der Waals surface area contributed by atoms with Crippen molar-refractivity contribution in [1.82, 2.24) is 0 Å². The average Bonchev–Trinajstić information content (AvgIpc) is 2.70. The zero-order valence-electron chi connectivity index (χ0n) is 17.7. The quantitative estimate of drug-likeness (QED) is 0.134. The van der Waals surface area contributed by atoms with Crippen LogP contribution in [0.3, 0.4) is 0 Å². The number of rotatable bonds is 13. The Morgan fingerprint density at radius 1 is 0.667 bits per heavy atom. The molecule has 0 heterocycles. The highest BCUT2D eigenvalue weighted by atomic mass is 79.9. The molecule has 0 bridgehead atoms. The van der Waals surface area contributed by atoms with E-state index in [1.165, 1.54) is 0 Å². The number of hydrogen-bond acceptors (Lipinski definition) is 8. The summed E-state index contributed by atoms with van der Waals surface area (Å²) < 4.78 is 21.3. The maximum Gasteiger partial charge on any atom is 0.319 e. The van der Waals surface area contributed by atoms with Crippen LogP contribution in [0.5, 0.6) is 0 Å². The number of halogens is 3. The van der Waals surface area contributed by atoms with Crippen LogP contribution in [0.15, 0.2) is 0 Å². The number of carbonyl (C=O) groups is 4. The summed E-state index contributed by atoms with van der Waals surface area (Å²) in [5, 5.41) is 0. The summed E-state index contributed by atoms with van der Waals surface area (Å²) in [6, 6.07) is 0. The van der Waals surface area contributed by atoms with E-state index in [9.17, 15) is 19.2 Å². The molecule has 0 amide bonds. The van der Waals surface area contributed by atoms with Crippen LogP contribution in [0.25, 0.3) is 0 Å². The Hall–Kier alpha value is -0.615. The van der Waals surface area contributed by atoms with Gasteiger partial charge in [0, 0.05) is 5.82 Å². The van der Waals surface area contributed by atoms with E-state index < -0.39 is 43.8 Å². The second kappa shape index (κ2) is 14.4. The zero-order chi connectivity index (χ0) is 23.5. The van der Waals surface area contributed by atoms with Gasteiger partial charge in [0.15, 0.2) is 0 Å². The molecule has 0 rings (SSSR count). The highest BCUT2D eigenvalue weighted by molar-refractivity contribution is 9.10. The molecule has 30 heavy (non-hydrogen) atoms. The SMILES string of the molecule is CBC(C)C(=O)OCC(COC(=O)C(C)Br)(COC(=O)C(C)Br)COC(=O)C(C)Br. The minimum atomic E-state index is -1.27. The Bertz CT molecular complexity index is 538. The molecular formula is C18H28BBr3O8. The van der Waals surface area contributed by atoms with Crippen LogP contribution in [0, 0.1) is 5.41 Å². The van der Waals surface area contributed by atoms with Crippen LogP contribution >= 0.6 is 47.8 Å². The first-order valence-electron chi connectivity index (χ1n) is 9.44. The van der Waals surface area contributed by atoms with Gasteiger partial charge in [-0.3, -0.25) is 19.2 Å². The fourth-order valence-electron chi connectivity index (χ4n) is 1.80. The van der Waals surface area contributed by atoms with Crippen molar-refractivity contribution in [1.29, 1.82) is 0 Å². The van der Waals surface area contributed by atoms with E-state index in [-0.39, 0.29) is 32.2 Å². The van der Waals surface area contributed by atoms with E-state index in [2.05, 4.69) is 47.8 Å². The van der Waals surface area contributed by atoms with Crippen LogP contribution in [-0.4, -0.2) is 72.1 Å². The molecule has 4 unspecified atom stereocenters. The Kier molecular flexibility index (Phi) is 14.2. The van der Waals surface area contributed by atoms with E-state index in [4.69, 9.17) is 18.9 Å². The van der Waals surface area contributed by atoms with Crippen LogP contribution in [0.4, 0.5) is 0 Å². The van der Waals surface area contributed by atoms with Gasteiger partial charge >= 0.3 is 23.9 Å². The summed E-state index contributed by atoms with van der Waals surface area (Å²) >= 11 is 9.35. The molecule has 8 nitrogen and oxygen atoms in total. The molecule has 0 aliphatic carbocycles. The van der Waals surface area contributed by atoms with Crippen molar-refractivity contribution in [3.8, 4) is 0 Å². The molecule has 4 atom stereocenters. The first kappa shape index (κ1) is 29.4. The molecule has 0 aromatic carbocycles. The van der Waals surface area contributed by atoms with Crippen LogP contribution < -0.4 is 0 Å². The number of esters is 4. The average molecular weight is 623 g/mol. The van der Waals surface area contributed by atoms with Gasteiger partial charge in [0.1, 0.15) is 53.6 Å². The lowest BCUT2D eigenvalue weighted by molar-refractivity contribution is -0.169. The molecule has 172 valence electrons. The molecule has 0 aromatic heterocycles. The summed E-state index contributed by atoms with van der Waals surface area (Å²) in [6.45, 7) is 7.20. The fraction of sp³-hybridized carbons (Fsp3) is 0.778. The standard InChI is InChI=1S/C18H28BBr3O8/c1-10(19-5)14(23)27-6-18(7-28-15(24)11(2)20,8-29-16(25)12(3)21)9-30-17(26)13(4)22/h10-13,19H,6-9H2,1-5H3. The van der Waals surface area contributed by atoms with E-state index in [0.717, 1.165) is 0 Å². The maximum absolute atomic E-state index is 12.2. The van der Waals surface area contributed by atoms with Crippen LogP contribution in [-0.2, 0) is 38.1 Å². The van der Waals surface area contributed by atoms with Crippen molar-refractivity contribution in [2.75, 3.05) is 26.4 Å². The minimum Gasteiger partial charge on any atom is -0.465 e. The predicted molar refractivity (Wildman–Crippen MR) is 124 cm³/mol. The molecule has 0 spiro atoms. The number of hydrogen-bond donors (Lipinski definition) is 0. The Morgan fingerprint density at radius 2 is 0.933 bits per heavy atom. The van der Waals surface area contributed by atoms with Gasteiger partial charge in [-0.05, 0) is 20.8 Å². The van der Waals surface area contributed by atoms with E-state index in [0.29, 0.717) is 7.28 Å². The van der Waals surface area contributed by atoms with Crippen molar-refractivity contribution in [3.05, 3.63) is 0 Å². The molecule has 0 aliphatic rings. The number of alkyl halides is 3. The third-order valence-corrected chi connectivity index (χ3v) is 5.19. The molecule has 0 radical (unpaired) electrons. The summed E-state index contributed by atoms with van der Waals surface area (Å²) in [5.41, 5.74) is -1.27. The van der Waals surface area contributed by atoms with Gasteiger partial charge in [-0.15, -0.1) is 0 Å². The van der Waals surface area contributed by atoms with Gasteiger partial charge in [0.05, 0.1) is 0 Å². The second-order valence-electron chi connectivity index (χ2n) is 7.09. The lowest BCUT2D eigenvalue weighted by Crippen LogP contribution is -2.45. The monoisotopic (exact) mass is 620 g/mol. The number of carbonyl (C=O) groups excluding carboxylic acids is 4. The minimum absolute atomic E-state index is 0.270. The Balaban J connectivity index is 5.63.